The van der Waals surface area contributed by atoms with Crippen molar-refractivity contribution in [2.75, 3.05) is 0 Å². The van der Waals surface area contributed by atoms with E-state index in [1.165, 1.54) is 0 Å². The smallest absolute Gasteiger partial charge is 0.249 e. The fourth-order valence-corrected chi connectivity index (χ4v) is 2.87. The van der Waals surface area contributed by atoms with Crippen LogP contribution in [0.25, 0.3) is 11.4 Å². The van der Waals surface area contributed by atoms with Gasteiger partial charge in [0.25, 0.3) is 0 Å². The lowest BCUT2D eigenvalue weighted by Crippen LogP contribution is -2.10. The van der Waals surface area contributed by atoms with Crippen molar-refractivity contribution in [3.05, 3.63) is 51.5 Å². The summed E-state index contributed by atoms with van der Waals surface area (Å²) in [5, 5.41) is 15.8. The molecule has 0 radical (unpaired) electrons. The zero-order valence-electron chi connectivity index (χ0n) is 11.7. The first-order chi connectivity index (χ1) is 10.1. The molecule has 3 rings (SSSR count). The van der Waals surface area contributed by atoms with Crippen LogP contribution < -0.4 is 5.73 Å². The fraction of sp³-hybridized carbons (Fsp3) is 0.200. The molecule has 108 valence electrons. The van der Waals surface area contributed by atoms with Crippen LogP contribution in [0.15, 0.2) is 34.2 Å². The molecule has 6 heteroatoms. The van der Waals surface area contributed by atoms with Crippen LogP contribution in [0, 0.1) is 13.8 Å². The summed E-state index contributed by atoms with van der Waals surface area (Å²) < 4.78 is 5.27. The Kier molecular flexibility index (Phi) is 3.48. The highest BCUT2D eigenvalue weighted by Gasteiger charge is 2.19. The SMILES string of the molecule is Cc1cc(-c2noc(C(N)c3cccs3)n2)cc(C)c1O. The standard InChI is InChI=1S/C15H15N3O2S/c1-8-6-10(7-9(2)13(8)19)14-17-15(20-18-14)12(16)11-4-3-5-21-11/h3-7,12,19H,16H2,1-2H3. The van der Waals surface area contributed by atoms with Crippen LogP contribution in [0.3, 0.4) is 0 Å². The third-order valence-electron chi connectivity index (χ3n) is 3.31. The van der Waals surface area contributed by atoms with E-state index in [0.29, 0.717) is 11.7 Å². The second-order valence-corrected chi connectivity index (χ2v) is 5.89. The number of phenols is 1. The number of aromatic hydroxyl groups is 1. The second kappa shape index (κ2) is 5.31. The molecule has 3 aromatic rings. The summed E-state index contributed by atoms with van der Waals surface area (Å²) in [6.45, 7) is 3.68. The van der Waals surface area contributed by atoms with Gasteiger partial charge in [-0.2, -0.15) is 4.98 Å². The lowest BCUT2D eigenvalue weighted by molar-refractivity contribution is 0.368. The van der Waals surface area contributed by atoms with Crippen LogP contribution in [0.4, 0.5) is 0 Å². The number of nitrogens with zero attached hydrogens (tertiary/aromatic N) is 2. The second-order valence-electron chi connectivity index (χ2n) is 4.91. The van der Waals surface area contributed by atoms with Crippen LogP contribution in [-0.2, 0) is 0 Å². The first kappa shape index (κ1) is 13.8. The van der Waals surface area contributed by atoms with E-state index >= 15 is 0 Å². The molecule has 0 bridgehead atoms. The van der Waals surface area contributed by atoms with Crippen molar-refractivity contribution in [3.8, 4) is 17.1 Å². The van der Waals surface area contributed by atoms with Gasteiger partial charge in [0.1, 0.15) is 11.8 Å². The van der Waals surface area contributed by atoms with Gasteiger partial charge in [-0.15, -0.1) is 11.3 Å². The van der Waals surface area contributed by atoms with Gasteiger partial charge in [0, 0.05) is 10.4 Å². The van der Waals surface area contributed by atoms with Crippen LogP contribution in [0.1, 0.15) is 27.9 Å². The summed E-state index contributed by atoms with van der Waals surface area (Å²) in [4.78, 5) is 5.35. The monoisotopic (exact) mass is 301 g/mol. The van der Waals surface area contributed by atoms with Crippen LogP contribution in [0.5, 0.6) is 5.75 Å². The van der Waals surface area contributed by atoms with E-state index in [0.717, 1.165) is 21.6 Å². The average molecular weight is 301 g/mol. The topological polar surface area (TPSA) is 85.2 Å². The highest BCUT2D eigenvalue weighted by atomic mass is 32.1. The van der Waals surface area contributed by atoms with Crippen molar-refractivity contribution in [2.24, 2.45) is 5.73 Å². The highest BCUT2D eigenvalue weighted by Crippen LogP contribution is 2.29. The van der Waals surface area contributed by atoms with E-state index in [1.807, 2.05) is 43.5 Å². The summed E-state index contributed by atoms with van der Waals surface area (Å²) in [5.41, 5.74) is 8.47. The lowest BCUT2D eigenvalue weighted by Gasteiger charge is -2.05. The van der Waals surface area contributed by atoms with Gasteiger partial charge in [-0.05, 0) is 48.6 Å². The van der Waals surface area contributed by atoms with Crippen molar-refractivity contribution in [1.82, 2.24) is 10.1 Å². The van der Waals surface area contributed by atoms with Crippen LogP contribution >= 0.6 is 11.3 Å². The first-order valence-corrected chi connectivity index (χ1v) is 7.37. The lowest BCUT2D eigenvalue weighted by atomic mass is 10.1. The summed E-state index contributed by atoms with van der Waals surface area (Å²) in [6.07, 6.45) is 0. The molecule has 0 aliphatic carbocycles. The largest absolute Gasteiger partial charge is 0.507 e. The van der Waals surface area contributed by atoms with Gasteiger partial charge in [0.05, 0.1) is 0 Å². The van der Waals surface area contributed by atoms with E-state index in [2.05, 4.69) is 10.1 Å². The van der Waals surface area contributed by atoms with Gasteiger partial charge >= 0.3 is 0 Å². The van der Waals surface area contributed by atoms with E-state index < -0.39 is 6.04 Å². The van der Waals surface area contributed by atoms with Crippen LogP contribution in [0.2, 0.25) is 0 Å². The molecule has 0 spiro atoms. The van der Waals surface area contributed by atoms with Gasteiger partial charge in [-0.25, -0.2) is 0 Å². The molecule has 0 aliphatic heterocycles. The van der Waals surface area contributed by atoms with E-state index in [1.54, 1.807) is 11.3 Å². The Morgan fingerprint density at radius 2 is 2.00 bits per heavy atom. The van der Waals surface area contributed by atoms with Gasteiger partial charge in [-0.3, -0.25) is 0 Å². The third kappa shape index (κ3) is 2.55. The summed E-state index contributed by atoms with van der Waals surface area (Å²) in [7, 11) is 0. The molecular formula is C15H15N3O2S. The number of aromatic nitrogens is 2. The van der Waals surface area contributed by atoms with Crippen LogP contribution in [-0.4, -0.2) is 15.2 Å². The molecule has 21 heavy (non-hydrogen) atoms. The average Bonchev–Trinajstić information content (AvgIpc) is 3.14. The Morgan fingerprint density at radius 1 is 1.29 bits per heavy atom. The highest BCUT2D eigenvalue weighted by molar-refractivity contribution is 7.10. The minimum atomic E-state index is -0.412. The predicted molar refractivity (Wildman–Crippen MR) is 81.2 cm³/mol. The number of rotatable bonds is 3. The number of hydrogen-bond acceptors (Lipinski definition) is 6. The zero-order valence-corrected chi connectivity index (χ0v) is 12.5. The number of thiophene rings is 1. The quantitative estimate of drug-likeness (QED) is 0.776. The Balaban J connectivity index is 1.95. The minimum absolute atomic E-state index is 0.290. The maximum atomic E-state index is 9.81. The number of benzene rings is 1. The number of aryl methyl sites for hydroxylation is 2. The summed E-state index contributed by atoms with van der Waals surface area (Å²) in [6, 6.07) is 7.12. The van der Waals surface area contributed by atoms with Crippen molar-refractivity contribution < 1.29 is 9.63 Å². The van der Waals surface area contributed by atoms with Crippen molar-refractivity contribution in [1.29, 1.82) is 0 Å². The van der Waals surface area contributed by atoms with E-state index in [9.17, 15) is 5.11 Å². The van der Waals surface area contributed by atoms with Crippen molar-refractivity contribution >= 4 is 11.3 Å². The third-order valence-corrected chi connectivity index (χ3v) is 4.26. The summed E-state index contributed by atoms with van der Waals surface area (Å²) in [5.74, 6) is 1.15. The number of phenolic OH excluding ortho intramolecular Hbond substituents is 1. The van der Waals surface area contributed by atoms with Gasteiger partial charge < -0.3 is 15.4 Å². The molecule has 3 N–H and O–H groups in total. The molecule has 1 aromatic carbocycles. The Labute approximate surface area is 126 Å². The molecule has 2 aromatic heterocycles. The molecule has 1 atom stereocenters. The molecule has 0 amide bonds. The minimum Gasteiger partial charge on any atom is -0.507 e. The zero-order chi connectivity index (χ0) is 15.0. The summed E-state index contributed by atoms with van der Waals surface area (Å²) >= 11 is 1.55. The maximum absolute atomic E-state index is 9.81. The van der Waals surface area contributed by atoms with Crippen molar-refractivity contribution in [2.45, 2.75) is 19.9 Å². The van der Waals surface area contributed by atoms with Crippen molar-refractivity contribution in [3.63, 3.8) is 0 Å². The molecular weight excluding hydrogens is 286 g/mol. The maximum Gasteiger partial charge on any atom is 0.249 e. The predicted octanol–water partition coefficient (Wildman–Crippen LogP) is 3.17. The number of hydrogen-bond donors (Lipinski definition) is 2. The van der Waals surface area contributed by atoms with E-state index in [-0.39, 0.29) is 5.75 Å². The van der Waals surface area contributed by atoms with Gasteiger partial charge in [0.2, 0.25) is 11.7 Å². The molecule has 1 unspecified atom stereocenters. The fourth-order valence-electron chi connectivity index (χ4n) is 2.15. The molecule has 0 fully saturated rings. The Hall–Kier alpha value is -2.18. The van der Waals surface area contributed by atoms with Gasteiger partial charge in [0.15, 0.2) is 0 Å². The first-order valence-electron chi connectivity index (χ1n) is 6.49. The Morgan fingerprint density at radius 3 is 2.62 bits per heavy atom. The molecule has 0 saturated heterocycles. The molecule has 0 aliphatic rings. The molecule has 5 nitrogen and oxygen atoms in total. The Bertz CT molecular complexity index is 742. The number of nitrogens with two attached hydrogens (primary N) is 1. The molecule has 0 saturated carbocycles. The van der Waals surface area contributed by atoms with E-state index in [4.69, 9.17) is 10.3 Å². The molecule has 2 heterocycles. The normalized spacial score (nSPS) is 12.5. The van der Waals surface area contributed by atoms with Gasteiger partial charge in [-0.1, -0.05) is 11.2 Å².